The van der Waals surface area contributed by atoms with Gasteiger partial charge in [0, 0.05) is 32.9 Å². The van der Waals surface area contributed by atoms with E-state index in [2.05, 4.69) is 288 Å². The predicted molar refractivity (Wildman–Crippen MR) is 295 cm³/mol. The van der Waals surface area contributed by atoms with E-state index in [-0.39, 0.29) is 0 Å². The van der Waals surface area contributed by atoms with Crippen LogP contribution in [0.25, 0.3) is 88.4 Å². The number of para-hydroxylation sites is 1. The van der Waals surface area contributed by atoms with Gasteiger partial charge in [-0.25, -0.2) is 0 Å². The maximum absolute atomic E-state index is 3.19. The third kappa shape index (κ3) is 6.54. The molecule has 2 aromatic heterocycles. The molecule has 0 spiro atoms. The molecule has 0 atom stereocenters. The van der Waals surface area contributed by atoms with Crippen LogP contribution >= 0.6 is 0 Å². The van der Waals surface area contributed by atoms with Gasteiger partial charge in [-0.15, -0.1) is 0 Å². The van der Waals surface area contributed by atoms with Crippen LogP contribution in [0, 0.1) is 0 Å². The Kier molecular flexibility index (Phi) is 9.88. The van der Waals surface area contributed by atoms with Gasteiger partial charge in [0.15, 0.2) is 8.07 Å². The monoisotopic (exact) mass is 894 g/mol. The average Bonchev–Trinajstić information content (AvgIpc) is 3.95. The molecule has 0 amide bonds. The number of hydrogen-bond acceptors (Lipinski definition) is 0. The van der Waals surface area contributed by atoms with E-state index in [0.29, 0.717) is 0 Å². The second-order valence-electron chi connectivity index (χ2n) is 18.0. The van der Waals surface area contributed by atoms with Gasteiger partial charge in [0.2, 0.25) is 0 Å². The molecule has 0 aliphatic carbocycles. The van der Waals surface area contributed by atoms with Gasteiger partial charge in [-0.05, 0) is 96.6 Å². The fourth-order valence-corrected chi connectivity index (χ4v) is 16.5. The van der Waals surface area contributed by atoms with Crippen LogP contribution in [-0.4, -0.2) is 17.2 Å². The lowest BCUT2D eigenvalue weighted by Gasteiger charge is -2.37. The first kappa shape index (κ1) is 40.5. The fourth-order valence-electron chi connectivity index (χ4n) is 11.3. The second-order valence-corrected chi connectivity index (χ2v) is 21.7. The highest BCUT2D eigenvalue weighted by Gasteiger charge is 2.45. The van der Waals surface area contributed by atoms with E-state index in [1.807, 2.05) is 0 Å². The van der Waals surface area contributed by atoms with Gasteiger partial charge in [0.25, 0.3) is 0 Å². The molecule has 0 radical (unpaired) electrons. The topological polar surface area (TPSA) is 9.86 Å². The van der Waals surface area contributed by atoms with Gasteiger partial charge in [0.1, 0.15) is 0 Å². The first-order valence-corrected chi connectivity index (χ1v) is 25.8. The van der Waals surface area contributed by atoms with E-state index in [0.717, 1.165) is 16.9 Å². The van der Waals surface area contributed by atoms with Gasteiger partial charge in [0.05, 0.1) is 22.1 Å². The number of nitrogens with zero attached hydrogens (tertiary/aromatic N) is 2. The van der Waals surface area contributed by atoms with Crippen molar-refractivity contribution in [1.29, 1.82) is 0 Å². The van der Waals surface area contributed by atoms with E-state index < -0.39 is 8.07 Å². The minimum absolute atomic E-state index is 1.11. The largest absolute Gasteiger partial charge is 0.309 e. The van der Waals surface area contributed by atoms with Crippen LogP contribution in [0.2, 0.25) is 0 Å². The first-order chi connectivity index (χ1) is 34.3. The Balaban J connectivity index is 1.19. The van der Waals surface area contributed by atoms with E-state index in [4.69, 9.17) is 0 Å². The van der Waals surface area contributed by atoms with Crippen molar-refractivity contribution in [3.63, 3.8) is 0 Å². The zero-order valence-electron chi connectivity index (χ0n) is 38.0. The highest BCUT2D eigenvalue weighted by molar-refractivity contribution is 7.21. The summed E-state index contributed by atoms with van der Waals surface area (Å²) in [6.07, 6.45) is 0. The minimum Gasteiger partial charge on any atom is -0.309 e. The van der Waals surface area contributed by atoms with Crippen LogP contribution in [0.4, 0.5) is 0 Å². The van der Waals surface area contributed by atoms with Crippen molar-refractivity contribution in [1.82, 2.24) is 9.13 Å². The smallest absolute Gasteiger partial charge is 0.180 e. The van der Waals surface area contributed by atoms with Crippen molar-refractivity contribution in [2.24, 2.45) is 0 Å². The summed E-state index contributed by atoms with van der Waals surface area (Å²) in [7, 11) is -3.19. The lowest BCUT2D eigenvalue weighted by Crippen LogP contribution is -2.75. The van der Waals surface area contributed by atoms with Crippen LogP contribution in [0.1, 0.15) is 0 Å². The lowest BCUT2D eigenvalue weighted by atomic mass is 9.97. The van der Waals surface area contributed by atoms with Crippen LogP contribution in [0.15, 0.2) is 279 Å². The Morgan fingerprint density at radius 2 is 0.681 bits per heavy atom. The van der Waals surface area contributed by atoms with Gasteiger partial charge < -0.3 is 9.13 Å². The molecule has 0 saturated heterocycles. The van der Waals surface area contributed by atoms with Gasteiger partial charge >= 0.3 is 0 Å². The molecule has 0 aliphatic heterocycles. The minimum atomic E-state index is -3.19. The molecule has 69 heavy (non-hydrogen) atoms. The van der Waals surface area contributed by atoms with Crippen LogP contribution < -0.4 is 20.7 Å². The number of hydrogen-bond donors (Lipinski definition) is 0. The molecule has 0 N–H and O–H groups in total. The third-order valence-corrected chi connectivity index (χ3v) is 19.1. The molecule has 0 fully saturated rings. The van der Waals surface area contributed by atoms with E-state index in [1.54, 1.807) is 0 Å². The summed E-state index contributed by atoms with van der Waals surface area (Å²) in [6, 6.07) is 104. The lowest BCUT2D eigenvalue weighted by molar-refractivity contribution is 1.15. The SMILES string of the molecule is c1ccc(-c2ccc(-n3c4ccccc4c4ccc(-n5c6cccc(-c7ccccc7)c6c6c([Si](c7ccccc7)(c7ccccc7)c7ccccc7)c(-c7ccccc7)ccc65)cc43)cc2)cc1. The number of rotatable bonds is 9. The summed E-state index contributed by atoms with van der Waals surface area (Å²) in [6.45, 7) is 0. The maximum atomic E-state index is 2.55. The molecule has 3 heteroatoms. The quantitative estimate of drug-likeness (QED) is 0.101. The molecule has 0 saturated carbocycles. The van der Waals surface area contributed by atoms with Gasteiger partial charge in [-0.1, -0.05) is 237 Å². The molecule has 0 aliphatic rings. The van der Waals surface area contributed by atoms with Crippen molar-refractivity contribution >= 4 is 72.4 Å². The maximum Gasteiger partial charge on any atom is 0.180 e. The average molecular weight is 895 g/mol. The first-order valence-electron chi connectivity index (χ1n) is 23.8. The summed E-state index contributed by atoms with van der Waals surface area (Å²) in [5.41, 5.74) is 14.2. The molecule has 0 bridgehead atoms. The van der Waals surface area contributed by atoms with Crippen molar-refractivity contribution in [2.75, 3.05) is 0 Å². The molecule has 11 aromatic carbocycles. The van der Waals surface area contributed by atoms with Crippen LogP contribution in [-0.2, 0) is 0 Å². The predicted octanol–water partition coefficient (Wildman–Crippen LogP) is 14.3. The Hall–Kier alpha value is -8.76. The second kappa shape index (κ2) is 16.8. The van der Waals surface area contributed by atoms with Crippen LogP contribution in [0.5, 0.6) is 0 Å². The molecule has 2 heterocycles. The molecule has 0 unspecified atom stereocenters. The highest BCUT2D eigenvalue weighted by Crippen LogP contribution is 2.42. The normalized spacial score (nSPS) is 11.8. The van der Waals surface area contributed by atoms with Gasteiger partial charge in [-0.3, -0.25) is 0 Å². The van der Waals surface area contributed by atoms with Gasteiger partial charge in [-0.2, -0.15) is 0 Å². The molecular weight excluding hydrogens is 849 g/mol. The highest BCUT2D eigenvalue weighted by atomic mass is 28.3. The van der Waals surface area contributed by atoms with Crippen molar-refractivity contribution in [3.05, 3.63) is 279 Å². The van der Waals surface area contributed by atoms with E-state index in [9.17, 15) is 0 Å². The standard InChI is InChI=1S/C66H46N2Si/c1-7-22-47(23-8-1)48-38-40-51(41-39-48)67-60-36-20-19-34-58(60)59-43-42-52(46-63(59)67)68-61-37-21-35-56(49-24-9-2-10-25-49)64(61)65-62(68)45-44-57(50-26-11-3-12-27-50)66(65)69(53-28-13-4-14-29-53,54-30-15-5-16-31-54)55-32-17-6-18-33-55/h1-46H. The molecule has 13 rings (SSSR count). The van der Waals surface area contributed by atoms with E-state index >= 15 is 0 Å². The third-order valence-electron chi connectivity index (χ3n) is 14.3. The Labute approximate surface area is 403 Å². The number of benzene rings is 11. The van der Waals surface area contributed by atoms with Crippen LogP contribution in [0.3, 0.4) is 0 Å². The van der Waals surface area contributed by atoms with Crippen molar-refractivity contribution in [2.45, 2.75) is 0 Å². The Bertz CT molecular complexity index is 3860. The molecule has 13 aromatic rings. The summed E-state index contributed by atoms with van der Waals surface area (Å²) in [4.78, 5) is 0. The fraction of sp³-hybridized carbons (Fsp3) is 0. The number of fused-ring (bicyclic) bond motifs is 6. The molecule has 2 nitrogen and oxygen atoms in total. The van der Waals surface area contributed by atoms with Crippen molar-refractivity contribution in [3.8, 4) is 44.8 Å². The summed E-state index contributed by atoms with van der Waals surface area (Å²) in [5, 5.41) is 10.4. The summed E-state index contributed by atoms with van der Waals surface area (Å²) >= 11 is 0. The van der Waals surface area contributed by atoms with Crippen molar-refractivity contribution < 1.29 is 0 Å². The molecule has 324 valence electrons. The summed E-state index contributed by atoms with van der Waals surface area (Å²) in [5.74, 6) is 0. The molecular formula is C66H46N2Si. The zero-order valence-corrected chi connectivity index (χ0v) is 39.0. The zero-order chi connectivity index (χ0) is 45.7. The number of aromatic nitrogens is 2. The Morgan fingerprint density at radius 1 is 0.246 bits per heavy atom. The summed E-state index contributed by atoms with van der Waals surface area (Å²) < 4.78 is 5.00. The van der Waals surface area contributed by atoms with E-state index in [1.165, 1.54) is 92.2 Å². The Morgan fingerprint density at radius 3 is 1.28 bits per heavy atom.